The molecular formula is C20H27N5O2. The number of ether oxygens (including phenoxy) is 1. The van der Waals surface area contributed by atoms with Crippen molar-refractivity contribution in [1.29, 1.82) is 0 Å². The van der Waals surface area contributed by atoms with E-state index in [4.69, 9.17) is 4.74 Å². The average molecular weight is 369 g/mol. The highest BCUT2D eigenvalue weighted by Crippen LogP contribution is 2.36. The van der Waals surface area contributed by atoms with Crippen molar-refractivity contribution in [3.63, 3.8) is 0 Å². The van der Waals surface area contributed by atoms with Gasteiger partial charge in [-0.1, -0.05) is 6.07 Å². The molecule has 7 heteroatoms. The summed E-state index contributed by atoms with van der Waals surface area (Å²) in [7, 11) is 1.94. The van der Waals surface area contributed by atoms with E-state index in [0.717, 1.165) is 38.0 Å². The zero-order valence-electron chi connectivity index (χ0n) is 16.0. The van der Waals surface area contributed by atoms with Crippen LogP contribution in [0.4, 0.5) is 0 Å². The van der Waals surface area contributed by atoms with E-state index in [0.29, 0.717) is 6.54 Å². The molecule has 2 aromatic heterocycles. The van der Waals surface area contributed by atoms with Gasteiger partial charge in [-0.3, -0.25) is 19.4 Å². The summed E-state index contributed by atoms with van der Waals surface area (Å²) >= 11 is 0. The summed E-state index contributed by atoms with van der Waals surface area (Å²) in [6.45, 7) is 5.74. The SMILES string of the molecule is C[C@H]1N(Cc2cccnc2)C(=O)COC12CCN(Cc1cnn(C)c1)CC2. The Morgan fingerprint density at radius 1 is 1.22 bits per heavy atom. The number of piperidine rings is 1. The number of pyridine rings is 1. The molecule has 2 saturated heterocycles. The van der Waals surface area contributed by atoms with Gasteiger partial charge in [-0.2, -0.15) is 5.10 Å². The number of amides is 1. The van der Waals surface area contributed by atoms with Gasteiger partial charge in [-0.05, 0) is 31.4 Å². The molecule has 4 heterocycles. The average Bonchev–Trinajstić information content (AvgIpc) is 3.09. The normalized spacial score (nSPS) is 23.1. The van der Waals surface area contributed by atoms with Gasteiger partial charge < -0.3 is 9.64 Å². The number of likely N-dealkylation sites (tertiary alicyclic amines) is 1. The quantitative estimate of drug-likeness (QED) is 0.819. The van der Waals surface area contributed by atoms with Crippen LogP contribution < -0.4 is 0 Å². The van der Waals surface area contributed by atoms with Crippen molar-refractivity contribution in [1.82, 2.24) is 24.6 Å². The van der Waals surface area contributed by atoms with Gasteiger partial charge in [-0.15, -0.1) is 0 Å². The van der Waals surface area contributed by atoms with Crippen LogP contribution in [0.3, 0.4) is 0 Å². The second-order valence-electron chi connectivity index (χ2n) is 7.71. The highest BCUT2D eigenvalue weighted by molar-refractivity contribution is 5.78. The minimum atomic E-state index is -0.248. The van der Waals surface area contributed by atoms with E-state index in [1.54, 1.807) is 6.20 Å². The van der Waals surface area contributed by atoms with Crippen molar-refractivity contribution in [3.8, 4) is 0 Å². The van der Waals surface area contributed by atoms with Crippen LogP contribution in [0.25, 0.3) is 0 Å². The maximum absolute atomic E-state index is 12.5. The molecule has 1 spiro atoms. The first-order valence-electron chi connectivity index (χ1n) is 9.58. The van der Waals surface area contributed by atoms with Gasteiger partial charge in [0.1, 0.15) is 6.61 Å². The largest absolute Gasteiger partial charge is 0.363 e. The predicted molar refractivity (Wildman–Crippen MR) is 101 cm³/mol. The number of hydrogen-bond donors (Lipinski definition) is 0. The first kappa shape index (κ1) is 18.1. The van der Waals surface area contributed by atoms with E-state index in [-0.39, 0.29) is 24.2 Å². The lowest BCUT2D eigenvalue weighted by Crippen LogP contribution is -2.63. The summed E-state index contributed by atoms with van der Waals surface area (Å²) in [5.41, 5.74) is 2.05. The van der Waals surface area contributed by atoms with Crippen molar-refractivity contribution >= 4 is 5.91 Å². The molecule has 0 saturated carbocycles. The summed E-state index contributed by atoms with van der Waals surface area (Å²) < 4.78 is 7.99. The standard InChI is InChI=1S/C20H27N5O2/c1-16-20(5-8-24(9-6-20)13-18-11-22-23(2)12-18)27-15-19(26)25(16)14-17-4-3-7-21-10-17/h3-4,7,10-12,16H,5-6,8-9,13-15H2,1-2H3/t16-/m1/s1. The van der Waals surface area contributed by atoms with Gasteiger partial charge in [0, 0.05) is 57.4 Å². The summed E-state index contributed by atoms with van der Waals surface area (Å²) in [5, 5.41) is 4.25. The lowest BCUT2D eigenvalue weighted by atomic mass is 9.82. The molecular weight excluding hydrogens is 342 g/mol. The van der Waals surface area contributed by atoms with E-state index >= 15 is 0 Å². The van der Waals surface area contributed by atoms with E-state index in [1.165, 1.54) is 5.56 Å². The van der Waals surface area contributed by atoms with Crippen molar-refractivity contribution in [2.75, 3.05) is 19.7 Å². The molecule has 2 aromatic rings. The number of carbonyl (C=O) groups excluding carboxylic acids is 1. The Bertz CT molecular complexity index is 783. The fourth-order valence-corrected chi connectivity index (χ4v) is 4.29. The molecule has 0 radical (unpaired) electrons. The van der Waals surface area contributed by atoms with Crippen LogP contribution in [0.5, 0.6) is 0 Å². The van der Waals surface area contributed by atoms with E-state index in [9.17, 15) is 4.79 Å². The third-order valence-corrected chi connectivity index (χ3v) is 5.97. The molecule has 0 bridgehead atoms. The van der Waals surface area contributed by atoms with E-state index in [1.807, 2.05) is 41.2 Å². The molecule has 144 valence electrons. The molecule has 2 aliphatic heterocycles. The zero-order chi connectivity index (χ0) is 18.9. The molecule has 7 nitrogen and oxygen atoms in total. The molecule has 4 rings (SSSR count). The predicted octanol–water partition coefficient (Wildman–Crippen LogP) is 1.60. The van der Waals surface area contributed by atoms with Gasteiger partial charge >= 0.3 is 0 Å². The monoisotopic (exact) mass is 369 g/mol. The first-order chi connectivity index (χ1) is 13.1. The summed E-state index contributed by atoms with van der Waals surface area (Å²) in [5.74, 6) is 0.0646. The molecule has 27 heavy (non-hydrogen) atoms. The zero-order valence-corrected chi connectivity index (χ0v) is 16.0. The molecule has 0 unspecified atom stereocenters. The number of hydrogen-bond acceptors (Lipinski definition) is 5. The topological polar surface area (TPSA) is 63.5 Å². The fraction of sp³-hybridized carbons (Fsp3) is 0.550. The number of morpholine rings is 1. The first-order valence-corrected chi connectivity index (χ1v) is 9.58. The second kappa shape index (κ2) is 7.40. The van der Waals surface area contributed by atoms with E-state index in [2.05, 4.69) is 28.1 Å². The Labute approximate surface area is 159 Å². The van der Waals surface area contributed by atoms with Crippen LogP contribution in [-0.2, 0) is 29.7 Å². The number of nitrogens with zero attached hydrogens (tertiary/aromatic N) is 5. The maximum atomic E-state index is 12.5. The molecule has 0 aliphatic carbocycles. The Morgan fingerprint density at radius 2 is 2.04 bits per heavy atom. The fourth-order valence-electron chi connectivity index (χ4n) is 4.29. The Morgan fingerprint density at radius 3 is 2.70 bits per heavy atom. The summed E-state index contributed by atoms with van der Waals surface area (Å²) in [6, 6.07) is 3.99. The van der Waals surface area contributed by atoms with Crippen molar-refractivity contribution in [2.45, 2.75) is 44.5 Å². The van der Waals surface area contributed by atoms with Crippen molar-refractivity contribution in [3.05, 3.63) is 48.0 Å². The summed E-state index contributed by atoms with van der Waals surface area (Å²) in [6.07, 6.45) is 9.46. The Hall–Kier alpha value is -2.25. The minimum Gasteiger partial charge on any atom is -0.363 e. The molecule has 1 amide bonds. The third-order valence-electron chi connectivity index (χ3n) is 5.97. The number of aromatic nitrogens is 3. The summed E-state index contributed by atoms with van der Waals surface area (Å²) in [4.78, 5) is 21.1. The maximum Gasteiger partial charge on any atom is 0.249 e. The number of rotatable bonds is 4. The van der Waals surface area contributed by atoms with Gasteiger partial charge in [0.15, 0.2) is 0 Å². The van der Waals surface area contributed by atoms with Gasteiger partial charge in [0.2, 0.25) is 5.91 Å². The highest BCUT2D eigenvalue weighted by Gasteiger charge is 2.47. The highest BCUT2D eigenvalue weighted by atomic mass is 16.5. The molecule has 1 atom stereocenters. The lowest BCUT2D eigenvalue weighted by Gasteiger charge is -2.51. The van der Waals surface area contributed by atoms with Crippen LogP contribution in [0.1, 0.15) is 30.9 Å². The smallest absolute Gasteiger partial charge is 0.249 e. The second-order valence-corrected chi connectivity index (χ2v) is 7.71. The van der Waals surface area contributed by atoms with E-state index < -0.39 is 0 Å². The van der Waals surface area contributed by atoms with Gasteiger partial charge in [0.25, 0.3) is 0 Å². The van der Waals surface area contributed by atoms with Gasteiger partial charge in [0.05, 0.1) is 17.8 Å². The Balaban J connectivity index is 1.41. The third kappa shape index (κ3) is 3.75. The van der Waals surface area contributed by atoms with Gasteiger partial charge in [-0.25, -0.2) is 0 Å². The minimum absolute atomic E-state index is 0.0551. The molecule has 0 N–H and O–H groups in total. The number of aryl methyl sites for hydroxylation is 1. The van der Waals surface area contributed by atoms with Crippen LogP contribution in [0, 0.1) is 0 Å². The molecule has 2 aliphatic rings. The van der Waals surface area contributed by atoms with Crippen LogP contribution in [-0.4, -0.2) is 61.8 Å². The molecule has 0 aromatic carbocycles. The van der Waals surface area contributed by atoms with Crippen LogP contribution >= 0.6 is 0 Å². The lowest BCUT2D eigenvalue weighted by molar-refractivity contribution is -0.188. The van der Waals surface area contributed by atoms with Crippen LogP contribution in [0.2, 0.25) is 0 Å². The van der Waals surface area contributed by atoms with Crippen LogP contribution in [0.15, 0.2) is 36.9 Å². The Kier molecular flexibility index (Phi) is 4.97. The van der Waals surface area contributed by atoms with Crippen molar-refractivity contribution in [2.24, 2.45) is 7.05 Å². The number of carbonyl (C=O) groups is 1. The molecule has 2 fully saturated rings. The van der Waals surface area contributed by atoms with Crippen molar-refractivity contribution < 1.29 is 9.53 Å².